The Balaban J connectivity index is 2.69. The van der Waals surface area contributed by atoms with Gasteiger partial charge in [-0.25, -0.2) is 4.98 Å². The summed E-state index contributed by atoms with van der Waals surface area (Å²) < 4.78 is 0.866. The fraction of sp³-hybridized carbons (Fsp3) is 0.143. The number of nitrogens with two attached hydrogens (primary N) is 1. The number of carbonyl (C=O) groups is 1. The number of pyridine rings is 1. The van der Waals surface area contributed by atoms with Gasteiger partial charge in [-0.2, -0.15) is 0 Å². The number of carbonyl (C=O) groups excluding carboxylic acids is 1. The van der Waals surface area contributed by atoms with E-state index in [1.165, 1.54) is 0 Å². The lowest BCUT2D eigenvalue weighted by atomic mass is 10.4. The van der Waals surface area contributed by atoms with Crippen molar-refractivity contribution in [3.8, 4) is 0 Å². The lowest BCUT2D eigenvalue weighted by Gasteiger charge is -2.01. The van der Waals surface area contributed by atoms with E-state index in [2.05, 4.69) is 26.2 Å². The second-order valence-electron chi connectivity index (χ2n) is 2.11. The lowest BCUT2D eigenvalue weighted by molar-refractivity contribution is -0.114. The second kappa shape index (κ2) is 4.18. The average molecular weight is 230 g/mol. The van der Waals surface area contributed by atoms with Gasteiger partial charge in [0.1, 0.15) is 5.82 Å². The monoisotopic (exact) mass is 229 g/mol. The molecule has 0 saturated carbocycles. The minimum absolute atomic E-state index is 0.0335. The third-order valence-electron chi connectivity index (χ3n) is 1.17. The fourth-order valence-corrected chi connectivity index (χ4v) is 1.00. The first-order chi connectivity index (χ1) is 5.72. The van der Waals surface area contributed by atoms with Gasteiger partial charge in [-0.05, 0) is 12.1 Å². The third kappa shape index (κ3) is 2.60. The molecule has 0 spiro atoms. The molecular formula is C7H8BrN3O. The van der Waals surface area contributed by atoms with Crippen LogP contribution in [0.4, 0.5) is 5.82 Å². The molecule has 0 fully saturated rings. The largest absolute Gasteiger partial charge is 0.322 e. The first-order valence-corrected chi connectivity index (χ1v) is 4.13. The van der Waals surface area contributed by atoms with Crippen molar-refractivity contribution in [2.75, 3.05) is 11.9 Å². The van der Waals surface area contributed by atoms with Crippen LogP contribution in [0.15, 0.2) is 22.8 Å². The van der Waals surface area contributed by atoms with Crippen LogP contribution in [0.2, 0.25) is 0 Å². The van der Waals surface area contributed by atoms with E-state index in [0.29, 0.717) is 5.82 Å². The summed E-state index contributed by atoms with van der Waals surface area (Å²) in [5, 5.41) is 2.53. The Kier molecular flexibility index (Phi) is 3.19. The third-order valence-corrected chi connectivity index (χ3v) is 1.67. The molecule has 0 atom stereocenters. The van der Waals surface area contributed by atoms with Crippen molar-refractivity contribution in [3.63, 3.8) is 0 Å². The van der Waals surface area contributed by atoms with Crippen LogP contribution in [0, 0.1) is 0 Å². The Morgan fingerprint density at radius 3 is 3.08 bits per heavy atom. The van der Waals surface area contributed by atoms with Crippen LogP contribution in [0.5, 0.6) is 0 Å². The highest BCUT2D eigenvalue weighted by Gasteiger charge is 1.99. The summed E-state index contributed by atoms with van der Waals surface area (Å²) in [6, 6.07) is 3.48. The molecule has 1 aromatic rings. The maximum Gasteiger partial charge on any atom is 0.239 e. The molecule has 1 aromatic heterocycles. The van der Waals surface area contributed by atoms with E-state index in [4.69, 9.17) is 5.73 Å². The molecule has 0 bridgehead atoms. The van der Waals surface area contributed by atoms with Gasteiger partial charge in [-0.15, -0.1) is 0 Å². The average Bonchev–Trinajstić information content (AvgIpc) is 2.04. The van der Waals surface area contributed by atoms with Gasteiger partial charge in [0, 0.05) is 10.7 Å². The SMILES string of the molecule is NCC(=O)Nc1cc(Br)ccn1. The molecule has 0 radical (unpaired) electrons. The van der Waals surface area contributed by atoms with Crippen LogP contribution in [0.1, 0.15) is 0 Å². The maximum atomic E-state index is 10.8. The number of hydrogen-bond donors (Lipinski definition) is 2. The van der Waals surface area contributed by atoms with Crippen LogP contribution in [0.25, 0.3) is 0 Å². The number of nitrogens with one attached hydrogen (secondary N) is 1. The van der Waals surface area contributed by atoms with Gasteiger partial charge in [0.2, 0.25) is 5.91 Å². The van der Waals surface area contributed by atoms with Crippen LogP contribution >= 0.6 is 15.9 Å². The van der Waals surface area contributed by atoms with Crippen LogP contribution in [-0.4, -0.2) is 17.4 Å². The van der Waals surface area contributed by atoms with E-state index in [1.807, 2.05) is 0 Å². The molecule has 12 heavy (non-hydrogen) atoms. The Morgan fingerprint density at radius 2 is 2.50 bits per heavy atom. The quantitative estimate of drug-likeness (QED) is 0.787. The predicted molar refractivity (Wildman–Crippen MR) is 49.6 cm³/mol. The summed E-state index contributed by atoms with van der Waals surface area (Å²) in [5.74, 6) is 0.250. The maximum absolute atomic E-state index is 10.8. The van der Waals surface area contributed by atoms with Gasteiger partial charge in [-0.1, -0.05) is 15.9 Å². The highest BCUT2D eigenvalue weighted by molar-refractivity contribution is 9.10. The van der Waals surface area contributed by atoms with Gasteiger partial charge >= 0.3 is 0 Å². The van der Waals surface area contributed by atoms with Crippen LogP contribution in [0.3, 0.4) is 0 Å². The number of amides is 1. The van der Waals surface area contributed by atoms with Crippen LogP contribution in [-0.2, 0) is 4.79 Å². The van der Waals surface area contributed by atoms with Crippen molar-refractivity contribution < 1.29 is 4.79 Å². The normalized spacial score (nSPS) is 9.50. The number of aromatic nitrogens is 1. The Labute approximate surface area is 78.3 Å². The number of nitrogens with zero attached hydrogens (tertiary/aromatic N) is 1. The highest BCUT2D eigenvalue weighted by atomic mass is 79.9. The van der Waals surface area contributed by atoms with Gasteiger partial charge < -0.3 is 11.1 Å². The Bertz CT molecular complexity index is 290. The predicted octanol–water partition coefficient (Wildman–Crippen LogP) is 0.741. The molecule has 1 heterocycles. The molecular weight excluding hydrogens is 222 g/mol. The van der Waals surface area contributed by atoms with E-state index >= 15 is 0 Å². The molecule has 1 amide bonds. The first-order valence-electron chi connectivity index (χ1n) is 3.34. The van der Waals surface area contributed by atoms with E-state index in [-0.39, 0.29) is 12.5 Å². The van der Waals surface area contributed by atoms with Gasteiger partial charge in [0.05, 0.1) is 6.54 Å². The van der Waals surface area contributed by atoms with Crippen molar-refractivity contribution in [2.24, 2.45) is 5.73 Å². The van der Waals surface area contributed by atoms with Crippen molar-refractivity contribution in [2.45, 2.75) is 0 Å². The lowest BCUT2D eigenvalue weighted by Crippen LogP contribution is -2.22. The zero-order valence-electron chi connectivity index (χ0n) is 6.25. The topological polar surface area (TPSA) is 68.0 Å². The summed E-state index contributed by atoms with van der Waals surface area (Å²) in [4.78, 5) is 14.7. The van der Waals surface area contributed by atoms with Crippen molar-refractivity contribution in [1.82, 2.24) is 4.98 Å². The molecule has 5 heteroatoms. The summed E-state index contributed by atoms with van der Waals surface area (Å²) in [5.41, 5.74) is 5.11. The van der Waals surface area contributed by atoms with E-state index < -0.39 is 0 Å². The molecule has 0 unspecified atom stereocenters. The van der Waals surface area contributed by atoms with E-state index in [1.54, 1.807) is 18.3 Å². The minimum atomic E-state index is -0.249. The molecule has 0 aromatic carbocycles. The van der Waals surface area contributed by atoms with Gasteiger partial charge in [0.15, 0.2) is 0 Å². The zero-order chi connectivity index (χ0) is 8.97. The second-order valence-corrected chi connectivity index (χ2v) is 3.03. The minimum Gasteiger partial charge on any atom is -0.322 e. The highest BCUT2D eigenvalue weighted by Crippen LogP contribution is 2.12. The fourth-order valence-electron chi connectivity index (χ4n) is 0.667. The number of hydrogen-bond acceptors (Lipinski definition) is 3. The van der Waals surface area contributed by atoms with Gasteiger partial charge in [0.25, 0.3) is 0 Å². The molecule has 64 valence electrons. The molecule has 4 nitrogen and oxygen atoms in total. The van der Waals surface area contributed by atoms with Gasteiger partial charge in [-0.3, -0.25) is 4.79 Å². The van der Waals surface area contributed by atoms with Crippen molar-refractivity contribution >= 4 is 27.7 Å². The zero-order valence-corrected chi connectivity index (χ0v) is 7.84. The van der Waals surface area contributed by atoms with E-state index in [9.17, 15) is 4.79 Å². The number of halogens is 1. The molecule has 1 rings (SSSR count). The van der Waals surface area contributed by atoms with Crippen molar-refractivity contribution in [1.29, 1.82) is 0 Å². The number of rotatable bonds is 2. The summed E-state index contributed by atoms with van der Waals surface area (Å²) in [6.07, 6.45) is 1.59. The van der Waals surface area contributed by atoms with Crippen molar-refractivity contribution in [3.05, 3.63) is 22.8 Å². The molecule has 3 N–H and O–H groups in total. The molecule has 0 aliphatic rings. The summed E-state index contributed by atoms with van der Waals surface area (Å²) in [7, 11) is 0. The molecule has 0 saturated heterocycles. The van der Waals surface area contributed by atoms with E-state index in [0.717, 1.165) is 4.47 Å². The van der Waals surface area contributed by atoms with Crippen LogP contribution < -0.4 is 11.1 Å². The Hall–Kier alpha value is -0.940. The number of anilines is 1. The summed E-state index contributed by atoms with van der Waals surface area (Å²) in [6.45, 7) is -0.0335. The standard InChI is InChI=1S/C7H8BrN3O/c8-5-1-2-10-6(3-5)11-7(12)4-9/h1-3H,4,9H2,(H,10,11,12). The smallest absolute Gasteiger partial charge is 0.239 e. The first kappa shape index (κ1) is 9.15. The molecule has 0 aliphatic heterocycles. The molecule has 0 aliphatic carbocycles. The summed E-state index contributed by atoms with van der Waals surface area (Å²) >= 11 is 3.25. The Morgan fingerprint density at radius 1 is 1.75 bits per heavy atom.